The van der Waals surface area contributed by atoms with Crippen LogP contribution in [-0.4, -0.2) is 31.4 Å². The number of fused-ring (bicyclic) bond motifs is 1. The van der Waals surface area contributed by atoms with Gasteiger partial charge in [-0.05, 0) is 47.2 Å². The van der Waals surface area contributed by atoms with Gasteiger partial charge in [-0.1, -0.05) is 24.3 Å². The number of esters is 1. The van der Waals surface area contributed by atoms with Crippen LogP contribution in [0.1, 0.15) is 10.4 Å². The third-order valence-electron chi connectivity index (χ3n) is 3.73. The SMILES string of the molecule is COc1ccc(OCCOC(=O)c2cc3ccccc3cc2O)cc1. The van der Waals surface area contributed by atoms with Crippen molar-refractivity contribution >= 4 is 16.7 Å². The average molecular weight is 338 g/mol. The number of phenols is 1. The van der Waals surface area contributed by atoms with Crippen molar-refractivity contribution in [1.82, 2.24) is 0 Å². The topological polar surface area (TPSA) is 65.0 Å². The van der Waals surface area contributed by atoms with E-state index in [1.54, 1.807) is 43.5 Å². The third-order valence-corrected chi connectivity index (χ3v) is 3.73. The van der Waals surface area contributed by atoms with E-state index < -0.39 is 5.97 Å². The first-order chi connectivity index (χ1) is 12.2. The van der Waals surface area contributed by atoms with E-state index in [2.05, 4.69) is 0 Å². The molecule has 3 aromatic carbocycles. The first-order valence-electron chi connectivity index (χ1n) is 7.83. The summed E-state index contributed by atoms with van der Waals surface area (Å²) in [6.07, 6.45) is 0. The number of rotatable bonds is 6. The van der Waals surface area contributed by atoms with Gasteiger partial charge in [0.05, 0.1) is 7.11 Å². The van der Waals surface area contributed by atoms with Crippen molar-refractivity contribution in [3.05, 3.63) is 66.2 Å². The van der Waals surface area contributed by atoms with Gasteiger partial charge >= 0.3 is 5.97 Å². The summed E-state index contributed by atoms with van der Waals surface area (Å²) in [4.78, 5) is 12.1. The summed E-state index contributed by atoms with van der Waals surface area (Å²) in [5.41, 5.74) is 0.142. The van der Waals surface area contributed by atoms with Crippen molar-refractivity contribution in [3.8, 4) is 17.2 Å². The van der Waals surface area contributed by atoms with Gasteiger partial charge in [0.1, 0.15) is 36.0 Å². The van der Waals surface area contributed by atoms with Gasteiger partial charge in [0.2, 0.25) is 0 Å². The molecule has 0 aromatic heterocycles. The van der Waals surface area contributed by atoms with Gasteiger partial charge in [-0.15, -0.1) is 0 Å². The quantitative estimate of drug-likeness (QED) is 0.547. The minimum atomic E-state index is -0.582. The molecule has 0 amide bonds. The highest BCUT2D eigenvalue weighted by Gasteiger charge is 2.13. The molecule has 3 aromatic rings. The van der Waals surface area contributed by atoms with Crippen LogP contribution in [0.3, 0.4) is 0 Å². The predicted octanol–water partition coefficient (Wildman–Crippen LogP) is 3.79. The number of phenolic OH excluding ortho intramolecular Hbond substituents is 1. The molecule has 0 bridgehead atoms. The summed E-state index contributed by atoms with van der Waals surface area (Å²) in [5, 5.41) is 11.7. The van der Waals surface area contributed by atoms with Crippen LogP contribution in [0.4, 0.5) is 0 Å². The Kier molecular flexibility index (Phi) is 5.04. The van der Waals surface area contributed by atoms with Crippen LogP contribution in [0.25, 0.3) is 10.8 Å². The first-order valence-corrected chi connectivity index (χ1v) is 7.83. The Balaban J connectivity index is 1.56. The predicted molar refractivity (Wildman–Crippen MR) is 94.4 cm³/mol. The Bertz CT molecular complexity index is 871. The van der Waals surface area contributed by atoms with Gasteiger partial charge in [-0.25, -0.2) is 4.79 Å². The molecule has 0 aliphatic carbocycles. The van der Waals surface area contributed by atoms with Crippen LogP contribution in [0, 0.1) is 0 Å². The highest BCUT2D eigenvalue weighted by molar-refractivity contribution is 5.98. The zero-order valence-electron chi connectivity index (χ0n) is 13.8. The Hall–Kier alpha value is -3.21. The number of ether oxygens (including phenoxy) is 3. The van der Waals surface area contributed by atoms with E-state index in [1.807, 2.05) is 24.3 Å². The molecule has 0 unspecified atom stereocenters. The molecule has 0 atom stereocenters. The molecule has 3 rings (SSSR count). The van der Waals surface area contributed by atoms with Crippen LogP contribution in [0.15, 0.2) is 60.7 Å². The second-order valence-electron chi connectivity index (χ2n) is 5.38. The molecule has 25 heavy (non-hydrogen) atoms. The van der Waals surface area contributed by atoms with Gasteiger partial charge in [0.15, 0.2) is 0 Å². The molecule has 0 radical (unpaired) electrons. The number of benzene rings is 3. The van der Waals surface area contributed by atoms with Crippen molar-refractivity contribution in [2.24, 2.45) is 0 Å². The van der Waals surface area contributed by atoms with E-state index in [9.17, 15) is 9.90 Å². The van der Waals surface area contributed by atoms with E-state index in [0.717, 1.165) is 16.5 Å². The number of carbonyl (C=O) groups is 1. The largest absolute Gasteiger partial charge is 0.507 e. The van der Waals surface area contributed by atoms with Crippen molar-refractivity contribution in [3.63, 3.8) is 0 Å². The molecule has 5 heteroatoms. The number of hydrogen-bond donors (Lipinski definition) is 1. The molecule has 0 spiro atoms. The number of aromatic hydroxyl groups is 1. The Morgan fingerprint density at radius 2 is 1.56 bits per heavy atom. The highest BCUT2D eigenvalue weighted by Crippen LogP contribution is 2.25. The van der Waals surface area contributed by atoms with E-state index in [1.165, 1.54) is 0 Å². The van der Waals surface area contributed by atoms with Crippen LogP contribution in [0.5, 0.6) is 17.2 Å². The maximum Gasteiger partial charge on any atom is 0.342 e. The lowest BCUT2D eigenvalue weighted by Gasteiger charge is -2.09. The fraction of sp³-hybridized carbons (Fsp3) is 0.150. The molecule has 0 fully saturated rings. The first kappa shape index (κ1) is 16.6. The van der Waals surface area contributed by atoms with Gasteiger partial charge in [0.25, 0.3) is 0 Å². The molecular formula is C20H18O5. The minimum Gasteiger partial charge on any atom is -0.507 e. The summed E-state index contributed by atoms with van der Waals surface area (Å²) in [6, 6.07) is 17.8. The zero-order chi connectivity index (χ0) is 17.6. The zero-order valence-corrected chi connectivity index (χ0v) is 13.8. The van der Waals surface area contributed by atoms with Gasteiger partial charge in [-0.3, -0.25) is 0 Å². The lowest BCUT2D eigenvalue weighted by Crippen LogP contribution is -2.12. The standard InChI is InChI=1S/C20H18O5/c1-23-16-6-8-17(9-7-16)24-10-11-25-20(22)18-12-14-4-2-3-5-15(14)13-19(18)21/h2-9,12-13,21H,10-11H2,1H3. The van der Waals surface area contributed by atoms with Gasteiger partial charge in [0, 0.05) is 0 Å². The molecule has 0 saturated carbocycles. The normalized spacial score (nSPS) is 10.4. The van der Waals surface area contributed by atoms with Crippen LogP contribution in [-0.2, 0) is 4.74 Å². The summed E-state index contributed by atoms with van der Waals surface area (Å²) in [6.45, 7) is 0.295. The fourth-order valence-corrected chi connectivity index (χ4v) is 2.44. The third kappa shape index (κ3) is 4.01. The van der Waals surface area contributed by atoms with E-state index in [-0.39, 0.29) is 24.5 Å². The lowest BCUT2D eigenvalue weighted by molar-refractivity contribution is 0.0447. The second-order valence-corrected chi connectivity index (χ2v) is 5.38. The molecule has 0 aliphatic rings. The van der Waals surface area contributed by atoms with Gasteiger partial charge in [-0.2, -0.15) is 0 Å². The lowest BCUT2D eigenvalue weighted by atomic mass is 10.1. The monoisotopic (exact) mass is 338 g/mol. The summed E-state index contributed by atoms with van der Waals surface area (Å²) in [5.74, 6) is 0.720. The molecule has 128 valence electrons. The molecule has 1 N–H and O–H groups in total. The van der Waals surface area contributed by atoms with E-state index in [4.69, 9.17) is 14.2 Å². The molecule has 5 nitrogen and oxygen atoms in total. The van der Waals surface area contributed by atoms with Crippen LogP contribution in [0.2, 0.25) is 0 Å². The molecule has 0 saturated heterocycles. The van der Waals surface area contributed by atoms with Crippen LogP contribution >= 0.6 is 0 Å². The van der Waals surface area contributed by atoms with Crippen molar-refractivity contribution < 1.29 is 24.1 Å². The number of carbonyl (C=O) groups excluding carboxylic acids is 1. The smallest absolute Gasteiger partial charge is 0.342 e. The summed E-state index contributed by atoms with van der Waals surface area (Å²) < 4.78 is 15.7. The van der Waals surface area contributed by atoms with E-state index >= 15 is 0 Å². The molecule has 0 aliphatic heterocycles. The number of hydrogen-bond acceptors (Lipinski definition) is 5. The summed E-state index contributed by atoms with van der Waals surface area (Å²) >= 11 is 0. The van der Waals surface area contributed by atoms with Crippen molar-refractivity contribution in [2.75, 3.05) is 20.3 Å². The summed E-state index contributed by atoms with van der Waals surface area (Å²) in [7, 11) is 1.59. The second kappa shape index (κ2) is 7.57. The Morgan fingerprint density at radius 1 is 0.920 bits per heavy atom. The fourth-order valence-electron chi connectivity index (χ4n) is 2.44. The van der Waals surface area contributed by atoms with Crippen LogP contribution < -0.4 is 9.47 Å². The Labute approximate surface area is 145 Å². The highest BCUT2D eigenvalue weighted by atomic mass is 16.6. The Morgan fingerprint density at radius 3 is 2.24 bits per heavy atom. The minimum absolute atomic E-state index is 0.0805. The molecular weight excluding hydrogens is 320 g/mol. The number of methoxy groups -OCH3 is 1. The maximum absolute atomic E-state index is 12.1. The molecule has 0 heterocycles. The van der Waals surface area contributed by atoms with Gasteiger partial charge < -0.3 is 19.3 Å². The van der Waals surface area contributed by atoms with Crippen molar-refractivity contribution in [2.45, 2.75) is 0 Å². The average Bonchev–Trinajstić information content (AvgIpc) is 2.65. The maximum atomic E-state index is 12.1. The van der Waals surface area contributed by atoms with Crippen molar-refractivity contribution in [1.29, 1.82) is 0 Å². The van der Waals surface area contributed by atoms with E-state index in [0.29, 0.717) is 5.75 Å².